The summed E-state index contributed by atoms with van der Waals surface area (Å²) in [7, 11) is -8.67. The highest BCUT2D eigenvalue weighted by Crippen LogP contribution is 2.37. The Hall–Kier alpha value is -5.79. The Morgan fingerprint density at radius 3 is 1.95 bits per heavy atom. The van der Waals surface area contributed by atoms with Crippen LogP contribution in [0.15, 0.2) is 154 Å². The van der Waals surface area contributed by atoms with Crippen LogP contribution < -0.4 is 15.0 Å². The van der Waals surface area contributed by atoms with E-state index in [9.17, 15) is 25.9 Å². The smallest absolute Gasteiger partial charge is 0.294 e. The number of hydrogen-bond acceptors (Lipinski definition) is 8. The molecule has 306 valence electrons. The maximum atomic E-state index is 11.9. The van der Waals surface area contributed by atoms with Gasteiger partial charge in [-0.05, 0) is 164 Å². The van der Waals surface area contributed by atoms with Crippen molar-refractivity contribution >= 4 is 48.6 Å². The van der Waals surface area contributed by atoms with E-state index in [0.29, 0.717) is 26.1 Å². The van der Waals surface area contributed by atoms with Gasteiger partial charge in [-0.2, -0.15) is 16.8 Å². The maximum absolute atomic E-state index is 11.9. The lowest BCUT2D eigenvalue weighted by atomic mass is 9.86. The van der Waals surface area contributed by atoms with Gasteiger partial charge in [0, 0.05) is 24.5 Å². The van der Waals surface area contributed by atoms with Gasteiger partial charge in [-0.25, -0.2) is 4.99 Å². The number of aryl methyl sites for hydroxylation is 2. The van der Waals surface area contributed by atoms with Crippen molar-refractivity contribution in [3.05, 3.63) is 172 Å². The Kier molecular flexibility index (Phi) is 13.4. The van der Waals surface area contributed by atoms with Gasteiger partial charge >= 0.3 is 0 Å². The number of hydrogen-bond donors (Lipinski definition) is 3. The number of aliphatic imine (C=N–C) groups is 1. The third kappa shape index (κ3) is 10.6. The molecule has 0 radical (unpaired) electrons. The first-order chi connectivity index (χ1) is 28.2. The van der Waals surface area contributed by atoms with Crippen molar-refractivity contribution in [2.24, 2.45) is 4.99 Å². The molecule has 0 heterocycles. The molecule has 3 N–H and O–H groups in total. The van der Waals surface area contributed by atoms with E-state index in [2.05, 4.69) is 66.5 Å². The monoisotopic (exact) mass is 831 g/mol. The number of benzene rings is 5. The van der Waals surface area contributed by atoms with Crippen LogP contribution in [0.1, 0.15) is 66.6 Å². The van der Waals surface area contributed by atoms with Gasteiger partial charge in [0.2, 0.25) is 0 Å². The fourth-order valence-corrected chi connectivity index (χ4v) is 8.26. The highest BCUT2D eigenvalue weighted by atomic mass is 32.2. The van der Waals surface area contributed by atoms with Crippen molar-refractivity contribution in [1.29, 1.82) is 0 Å². The second-order valence-corrected chi connectivity index (χ2v) is 17.1. The van der Waals surface area contributed by atoms with Gasteiger partial charge in [0.25, 0.3) is 20.2 Å². The SMILES string of the molecule is CCOc1ccc(N=C2C=CC(=C(c3ccc(NC(CC)c4cccc(S(=O)(=O)O)c4)cc3C)c3ccc(N(CC)Cc4cccc(S(=O)(=O)O)c4)cc3C)C=C2)cc1. The standard InChI is InChI=1S/C47H49N3O7S2/c1-6-46(36-12-10-14-43(30-36)59(54,55)56)49-39-21-25-44(32(4)27-39)47(35-15-17-37(18-16-35)48-38-19-23-41(24-20-38)57-8-3)45-26-22-40(28-33(45)5)50(7-2)31-34-11-9-13-42(29-34)58(51,52)53/h9-30,46,49H,6-8,31H2,1-5H3,(H,51,52,53)(H,54,55,56). The van der Waals surface area contributed by atoms with E-state index in [0.717, 1.165) is 73.1 Å². The molecule has 0 saturated heterocycles. The Morgan fingerprint density at radius 2 is 1.36 bits per heavy atom. The first-order valence-corrected chi connectivity index (χ1v) is 22.3. The molecule has 1 aliphatic rings. The molecule has 0 aliphatic heterocycles. The molecular weight excluding hydrogens is 783 g/mol. The van der Waals surface area contributed by atoms with Gasteiger partial charge in [0.05, 0.1) is 33.8 Å². The van der Waals surface area contributed by atoms with E-state index < -0.39 is 20.2 Å². The predicted octanol–water partition coefficient (Wildman–Crippen LogP) is 10.5. The predicted molar refractivity (Wildman–Crippen MR) is 237 cm³/mol. The molecule has 12 heteroatoms. The number of anilines is 2. The van der Waals surface area contributed by atoms with E-state index in [1.54, 1.807) is 12.1 Å². The quantitative estimate of drug-likeness (QED) is 0.0878. The summed E-state index contributed by atoms with van der Waals surface area (Å²) in [6.07, 6.45) is 8.85. The van der Waals surface area contributed by atoms with E-state index >= 15 is 0 Å². The van der Waals surface area contributed by atoms with Gasteiger partial charge in [0.15, 0.2) is 0 Å². The largest absolute Gasteiger partial charge is 0.494 e. The van der Waals surface area contributed by atoms with Gasteiger partial charge < -0.3 is 15.0 Å². The second kappa shape index (κ2) is 18.4. The minimum absolute atomic E-state index is 0.136. The summed E-state index contributed by atoms with van der Waals surface area (Å²) in [5, 5.41) is 3.56. The van der Waals surface area contributed by atoms with Gasteiger partial charge in [-0.1, -0.05) is 55.5 Å². The topological polar surface area (TPSA) is 146 Å². The highest BCUT2D eigenvalue weighted by molar-refractivity contribution is 7.86. The molecule has 5 aromatic carbocycles. The number of ether oxygens (including phenoxy) is 1. The number of allylic oxidation sites excluding steroid dienone is 5. The van der Waals surface area contributed by atoms with Crippen LogP contribution in [0.5, 0.6) is 5.75 Å². The molecule has 0 saturated carbocycles. The molecule has 59 heavy (non-hydrogen) atoms. The first kappa shape index (κ1) is 42.8. The van der Waals surface area contributed by atoms with Crippen LogP contribution in [-0.4, -0.2) is 44.8 Å². The minimum Gasteiger partial charge on any atom is -0.494 e. The van der Waals surface area contributed by atoms with Crippen LogP contribution in [0.3, 0.4) is 0 Å². The third-order valence-corrected chi connectivity index (χ3v) is 11.9. The Morgan fingerprint density at radius 1 is 0.729 bits per heavy atom. The molecule has 1 atom stereocenters. The molecule has 1 aliphatic carbocycles. The maximum Gasteiger partial charge on any atom is 0.294 e. The molecule has 1 unspecified atom stereocenters. The third-order valence-electron chi connectivity index (χ3n) is 10.2. The van der Waals surface area contributed by atoms with Crippen LogP contribution in [0.25, 0.3) is 5.57 Å². The van der Waals surface area contributed by atoms with Crippen LogP contribution in [-0.2, 0) is 26.8 Å². The summed E-state index contributed by atoms with van der Waals surface area (Å²) in [5.41, 5.74) is 11.1. The van der Waals surface area contributed by atoms with Crippen molar-refractivity contribution in [3.63, 3.8) is 0 Å². The van der Waals surface area contributed by atoms with Crippen molar-refractivity contribution in [2.45, 2.75) is 63.4 Å². The average Bonchev–Trinajstić information content (AvgIpc) is 3.21. The molecule has 0 spiro atoms. The number of nitrogens with one attached hydrogen (secondary N) is 1. The van der Waals surface area contributed by atoms with Crippen LogP contribution in [0.4, 0.5) is 17.1 Å². The molecule has 10 nitrogen and oxygen atoms in total. The van der Waals surface area contributed by atoms with Crippen molar-refractivity contribution in [3.8, 4) is 5.75 Å². The van der Waals surface area contributed by atoms with Crippen LogP contribution in [0.2, 0.25) is 0 Å². The minimum atomic E-state index is -4.34. The summed E-state index contributed by atoms with van der Waals surface area (Å²) in [6, 6.07) is 32.7. The lowest BCUT2D eigenvalue weighted by Crippen LogP contribution is -2.22. The summed E-state index contributed by atoms with van der Waals surface area (Å²) >= 11 is 0. The first-order valence-electron chi connectivity index (χ1n) is 19.5. The van der Waals surface area contributed by atoms with Crippen LogP contribution >= 0.6 is 0 Å². The zero-order valence-corrected chi connectivity index (χ0v) is 35.4. The van der Waals surface area contributed by atoms with Gasteiger partial charge in [0.1, 0.15) is 5.75 Å². The Balaban J connectivity index is 1.37. The zero-order chi connectivity index (χ0) is 42.3. The molecule has 0 amide bonds. The summed E-state index contributed by atoms with van der Waals surface area (Å²) in [6.45, 7) is 11.9. The zero-order valence-electron chi connectivity index (χ0n) is 33.8. The number of nitrogens with zero attached hydrogens (tertiary/aromatic N) is 2. The van der Waals surface area contributed by atoms with Crippen molar-refractivity contribution in [2.75, 3.05) is 23.4 Å². The summed E-state index contributed by atoms with van der Waals surface area (Å²) in [4.78, 5) is 6.71. The second-order valence-electron chi connectivity index (χ2n) is 14.3. The Bertz CT molecular complexity index is 2670. The van der Waals surface area contributed by atoms with E-state index in [1.807, 2.05) is 75.4 Å². The van der Waals surface area contributed by atoms with Gasteiger partial charge in [-0.3, -0.25) is 9.11 Å². The normalized spacial score (nSPS) is 13.3. The molecule has 0 aromatic heterocycles. The molecule has 0 fully saturated rings. The highest BCUT2D eigenvalue weighted by Gasteiger charge is 2.20. The Labute approximate surface area is 347 Å². The van der Waals surface area contributed by atoms with E-state index in [1.165, 1.54) is 24.3 Å². The summed E-state index contributed by atoms with van der Waals surface area (Å²) in [5.74, 6) is 0.795. The van der Waals surface area contributed by atoms with Crippen molar-refractivity contribution < 1.29 is 30.7 Å². The lowest BCUT2D eigenvalue weighted by Gasteiger charge is -2.26. The van der Waals surface area contributed by atoms with E-state index in [4.69, 9.17) is 9.73 Å². The van der Waals surface area contributed by atoms with E-state index in [-0.39, 0.29) is 15.8 Å². The number of rotatable bonds is 15. The molecule has 0 bridgehead atoms. The van der Waals surface area contributed by atoms with Gasteiger partial charge in [-0.15, -0.1) is 0 Å². The molecule has 6 rings (SSSR count). The fourth-order valence-electron chi connectivity index (χ4n) is 7.17. The fraction of sp³-hybridized carbons (Fsp3) is 0.213. The average molecular weight is 832 g/mol. The lowest BCUT2D eigenvalue weighted by molar-refractivity contribution is 0.340. The summed E-state index contributed by atoms with van der Waals surface area (Å²) < 4.78 is 72.2. The molecule has 5 aromatic rings. The molecular formula is C47H49N3O7S2. The van der Waals surface area contributed by atoms with Crippen LogP contribution in [0, 0.1) is 13.8 Å². The van der Waals surface area contributed by atoms with Crippen molar-refractivity contribution in [1.82, 2.24) is 0 Å².